The smallest absolute Gasteiger partial charge is 0.410 e. The summed E-state index contributed by atoms with van der Waals surface area (Å²) in [7, 11) is 0. The van der Waals surface area contributed by atoms with Gasteiger partial charge in [-0.2, -0.15) is 0 Å². The zero-order valence-corrected chi connectivity index (χ0v) is 12.4. The molecule has 4 rings (SSSR count). The summed E-state index contributed by atoms with van der Waals surface area (Å²) >= 11 is 0. The number of hydrogen-bond acceptors (Lipinski definition) is 3. The number of amides is 1. The number of likely N-dealkylation sites (tertiary alicyclic amines) is 1. The first-order valence-electron chi connectivity index (χ1n) is 7.48. The molecule has 0 radical (unpaired) electrons. The van der Waals surface area contributed by atoms with Gasteiger partial charge in [0.25, 0.3) is 0 Å². The second kappa shape index (κ2) is 3.87. The maximum Gasteiger partial charge on any atom is 0.410 e. The predicted octanol–water partition coefficient (Wildman–Crippen LogP) is 2.51. The summed E-state index contributed by atoms with van der Waals surface area (Å²) in [6, 6.07) is 0. The van der Waals surface area contributed by atoms with Gasteiger partial charge in [-0.1, -0.05) is 0 Å². The zero-order chi connectivity index (χ0) is 13.9. The van der Waals surface area contributed by atoms with Gasteiger partial charge in [0.1, 0.15) is 5.60 Å². The lowest BCUT2D eigenvalue weighted by molar-refractivity contribution is -0.181. The second-order valence-corrected chi connectivity index (χ2v) is 8.00. The van der Waals surface area contributed by atoms with Crippen LogP contribution in [-0.4, -0.2) is 35.2 Å². The van der Waals surface area contributed by atoms with Gasteiger partial charge in [0.05, 0.1) is 0 Å². The molecule has 0 unspecified atom stereocenters. The van der Waals surface area contributed by atoms with E-state index >= 15 is 0 Å². The third kappa shape index (κ3) is 2.24. The average Bonchev–Trinajstić information content (AvgIpc) is 2.21. The molecule has 1 heterocycles. The van der Waals surface area contributed by atoms with E-state index in [1.807, 2.05) is 25.7 Å². The van der Waals surface area contributed by atoms with Gasteiger partial charge in [-0.15, -0.1) is 0 Å². The van der Waals surface area contributed by atoms with Crippen molar-refractivity contribution in [2.75, 3.05) is 13.1 Å². The van der Waals surface area contributed by atoms with Gasteiger partial charge in [0.2, 0.25) is 0 Å². The van der Waals surface area contributed by atoms with Gasteiger partial charge < -0.3 is 15.4 Å². The number of ether oxygens (including phenoxy) is 1. The van der Waals surface area contributed by atoms with Gasteiger partial charge in [0, 0.05) is 18.6 Å². The number of nitrogens with two attached hydrogens (primary N) is 1. The Morgan fingerprint density at radius 3 is 2.16 bits per heavy atom. The molecule has 4 aliphatic rings. The van der Waals surface area contributed by atoms with Crippen LogP contribution in [0, 0.1) is 11.3 Å². The van der Waals surface area contributed by atoms with E-state index in [9.17, 15) is 4.79 Å². The third-order valence-corrected chi connectivity index (χ3v) is 5.13. The molecule has 2 bridgehead atoms. The first-order valence-corrected chi connectivity index (χ1v) is 7.48. The van der Waals surface area contributed by atoms with Crippen molar-refractivity contribution in [1.29, 1.82) is 0 Å². The van der Waals surface area contributed by atoms with Gasteiger partial charge in [-0.25, -0.2) is 4.79 Å². The summed E-state index contributed by atoms with van der Waals surface area (Å²) < 4.78 is 5.43. The van der Waals surface area contributed by atoms with Gasteiger partial charge in [-0.3, -0.25) is 0 Å². The predicted molar refractivity (Wildman–Crippen MR) is 73.7 cm³/mol. The Morgan fingerprint density at radius 1 is 1.21 bits per heavy atom. The third-order valence-electron chi connectivity index (χ3n) is 5.13. The van der Waals surface area contributed by atoms with E-state index in [-0.39, 0.29) is 11.6 Å². The number of nitrogens with zero attached hydrogens (tertiary/aromatic N) is 1. The molecular formula is C15H26N2O2. The van der Waals surface area contributed by atoms with Crippen LogP contribution in [0.3, 0.4) is 0 Å². The summed E-state index contributed by atoms with van der Waals surface area (Å²) in [6.45, 7) is 7.44. The molecule has 19 heavy (non-hydrogen) atoms. The van der Waals surface area contributed by atoms with Crippen LogP contribution in [0.4, 0.5) is 4.79 Å². The number of carbonyl (C=O) groups is 1. The summed E-state index contributed by atoms with van der Waals surface area (Å²) in [5, 5.41) is 0. The Balaban J connectivity index is 1.49. The van der Waals surface area contributed by atoms with Gasteiger partial charge in [-0.05, 0) is 64.2 Å². The molecular weight excluding hydrogens is 240 g/mol. The van der Waals surface area contributed by atoms with Crippen molar-refractivity contribution in [3.63, 3.8) is 0 Å². The lowest BCUT2D eigenvalue weighted by Gasteiger charge is -2.72. The highest BCUT2D eigenvalue weighted by Gasteiger charge is 2.68. The summed E-state index contributed by atoms with van der Waals surface area (Å²) in [4.78, 5) is 13.9. The zero-order valence-electron chi connectivity index (χ0n) is 12.4. The van der Waals surface area contributed by atoms with Crippen molar-refractivity contribution in [2.24, 2.45) is 17.1 Å². The topological polar surface area (TPSA) is 55.6 Å². The maximum atomic E-state index is 12.0. The van der Waals surface area contributed by atoms with Crippen LogP contribution in [0.2, 0.25) is 0 Å². The number of carbonyl (C=O) groups excluding carboxylic acids is 1. The van der Waals surface area contributed by atoms with Crippen molar-refractivity contribution in [2.45, 2.75) is 64.0 Å². The van der Waals surface area contributed by atoms with Crippen molar-refractivity contribution in [1.82, 2.24) is 4.90 Å². The van der Waals surface area contributed by atoms with E-state index in [2.05, 4.69) is 0 Å². The van der Waals surface area contributed by atoms with Crippen LogP contribution in [0.15, 0.2) is 0 Å². The Labute approximate surface area is 115 Å². The summed E-state index contributed by atoms with van der Waals surface area (Å²) in [5.41, 5.74) is 6.49. The minimum atomic E-state index is -0.395. The molecule has 1 saturated heterocycles. The number of rotatable bonds is 1. The Kier molecular flexibility index (Phi) is 2.70. The molecule has 0 aromatic carbocycles. The van der Waals surface area contributed by atoms with Crippen molar-refractivity contribution in [3.8, 4) is 0 Å². The first kappa shape index (κ1) is 13.2. The van der Waals surface area contributed by atoms with Crippen LogP contribution in [0.25, 0.3) is 0 Å². The van der Waals surface area contributed by atoms with Crippen molar-refractivity contribution in [3.05, 3.63) is 0 Å². The van der Waals surface area contributed by atoms with Gasteiger partial charge >= 0.3 is 6.09 Å². The normalized spacial score (nSPS) is 38.4. The lowest BCUT2D eigenvalue weighted by atomic mass is 9.35. The molecule has 4 heteroatoms. The number of piperidine rings is 1. The fourth-order valence-electron chi connectivity index (χ4n) is 4.38. The standard InChI is InChI=1S/C15H26N2O2/c1-13(2,3)19-12(18)17-6-4-11(5-7-17)14-8-15(16,9-14)10-14/h11H,4-10,16H2,1-3H3. The van der Waals surface area contributed by atoms with E-state index in [1.165, 1.54) is 19.3 Å². The largest absolute Gasteiger partial charge is 0.444 e. The highest BCUT2D eigenvalue weighted by molar-refractivity contribution is 5.68. The van der Waals surface area contributed by atoms with E-state index in [4.69, 9.17) is 10.5 Å². The first-order chi connectivity index (χ1) is 8.72. The van der Waals surface area contributed by atoms with Crippen LogP contribution in [-0.2, 0) is 4.74 Å². The fraction of sp³-hybridized carbons (Fsp3) is 0.933. The average molecular weight is 266 g/mol. The van der Waals surface area contributed by atoms with E-state index in [0.717, 1.165) is 31.8 Å². The Morgan fingerprint density at radius 2 is 1.74 bits per heavy atom. The monoisotopic (exact) mass is 266 g/mol. The minimum absolute atomic E-state index is 0.154. The van der Waals surface area contributed by atoms with E-state index < -0.39 is 5.60 Å². The lowest BCUT2D eigenvalue weighted by Crippen LogP contribution is -2.74. The van der Waals surface area contributed by atoms with E-state index in [0.29, 0.717) is 5.41 Å². The Bertz CT molecular complexity index is 372. The molecule has 3 saturated carbocycles. The van der Waals surface area contributed by atoms with Crippen LogP contribution in [0.1, 0.15) is 52.9 Å². The molecule has 4 fully saturated rings. The van der Waals surface area contributed by atoms with Crippen molar-refractivity contribution >= 4 is 6.09 Å². The molecule has 1 amide bonds. The molecule has 0 aromatic rings. The second-order valence-electron chi connectivity index (χ2n) is 8.00. The highest BCUT2D eigenvalue weighted by atomic mass is 16.6. The van der Waals surface area contributed by atoms with Crippen LogP contribution in [0.5, 0.6) is 0 Å². The molecule has 0 spiro atoms. The molecule has 108 valence electrons. The quantitative estimate of drug-likeness (QED) is 0.793. The molecule has 2 N–H and O–H groups in total. The molecule has 0 aromatic heterocycles. The summed E-state index contributed by atoms with van der Waals surface area (Å²) in [5.74, 6) is 0.775. The fourth-order valence-corrected chi connectivity index (χ4v) is 4.38. The van der Waals surface area contributed by atoms with Crippen LogP contribution < -0.4 is 5.73 Å². The molecule has 0 atom stereocenters. The van der Waals surface area contributed by atoms with Crippen LogP contribution >= 0.6 is 0 Å². The SMILES string of the molecule is CC(C)(C)OC(=O)N1CCC(C23CC(N)(C2)C3)CC1. The molecule has 3 aliphatic carbocycles. The number of hydrogen-bond donors (Lipinski definition) is 1. The molecule has 1 aliphatic heterocycles. The Hall–Kier alpha value is -0.770. The maximum absolute atomic E-state index is 12.0. The van der Waals surface area contributed by atoms with Gasteiger partial charge in [0.15, 0.2) is 0 Å². The van der Waals surface area contributed by atoms with Crippen molar-refractivity contribution < 1.29 is 9.53 Å². The minimum Gasteiger partial charge on any atom is -0.444 e. The summed E-state index contributed by atoms with van der Waals surface area (Å²) in [6.07, 6.45) is 5.74. The highest BCUT2D eigenvalue weighted by Crippen LogP contribution is 2.70. The van der Waals surface area contributed by atoms with E-state index in [1.54, 1.807) is 0 Å². The molecule has 4 nitrogen and oxygen atoms in total.